The minimum atomic E-state index is -0.294. The van der Waals surface area contributed by atoms with Crippen molar-refractivity contribution in [1.29, 1.82) is 0 Å². The maximum atomic E-state index is 13.4. The molecule has 1 atom stereocenters. The smallest absolute Gasteiger partial charge is 0.253 e. The highest BCUT2D eigenvalue weighted by Crippen LogP contribution is 2.34. The van der Waals surface area contributed by atoms with Gasteiger partial charge in [-0.1, -0.05) is 42.7 Å². The average molecular weight is 470 g/mol. The van der Waals surface area contributed by atoms with E-state index in [1.165, 1.54) is 24.1 Å². The summed E-state index contributed by atoms with van der Waals surface area (Å²) in [6.07, 6.45) is 4.56. The third-order valence-electron chi connectivity index (χ3n) is 7.56. The lowest BCUT2D eigenvalue weighted by atomic mass is 10.0. The third kappa shape index (κ3) is 4.23. The van der Waals surface area contributed by atoms with E-state index in [9.17, 15) is 4.79 Å². The summed E-state index contributed by atoms with van der Waals surface area (Å²) in [7, 11) is 0. The number of nitrogens with one attached hydrogen (secondary N) is 1. The average Bonchev–Trinajstić information content (AvgIpc) is 3.58. The number of tetrazole rings is 1. The summed E-state index contributed by atoms with van der Waals surface area (Å²) in [6.45, 7) is 5.49. The van der Waals surface area contributed by atoms with Crippen LogP contribution in [0, 0.1) is 6.92 Å². The first-order valence-corrected chi connectivity index (χ1v) is 12.6. The number of aromatic nitrogens is 5. The molecule has 2 aliphatic rings. The molecular formula is C27H31N7O. The Labute approximate surface area is 204 Å². The quantitative estimate of drug-likeness (QED) is 0.478. The van der Waals surface area contributed by atoms with Gasteiger partial charge in [0.2, 0.25) is 0 Å². The first kappa shape index (κ1) is 22.0. The van der Waals surface area contributed by atoms with Gasteiger partial charge >= 0.3 is 0 Å². The molecule has 0 spiro atoms. The number of hydrogen-bond acceptors (Lipinski definition) is 6. The van der Waals surface area contributed by atoms with Crippen molar-refractivity contribution >= 4 is 16.6 Å². The van der Waals surface area contributed by atoms with Gasteiger partial charge in [-0.15, -0.1) is 5.10 Å². The molecule has 1 aliphatic heterocycles. The van der Waals surface area contributed by atoms with E-state index >= 15 is 0 Å². The minimum absolute atomic E-state index is 0.0715. The number of fused-ring (bicyclic) bond motifs is 1. The Morgan fingerprint density at radius 2 is 1.74 bits per heavy atom. The zero-order valence-corrected chi connectivity index (χ0v) is 20.1. The number of anilines is 1. The number of benzene rings is 2. The highest BCUT2D eigenvalue weighted by molar-refractivity contribution is 5.79. The van der Waals surface area contributed by atoms with Crippen molar-refractivity contribution in [2.45, 2.75) is 44.7 Å². The molecule has 0 radical (unpaired) electrons. The summed E-state index contributed by atoms with van der Waals surface area (Å²) in [5.74, 6) is 0.780. The van der Waals surface area contributed by atoms with E-state index in [4.69, 9.17) is 0 Å². The number of pyridine rings is 1. The standard InChI is InChI=1S/C27H31N7O/c1-19-11-12-24-20(17-19)18-23(27(35)28-24)25(26-29-30-31-34(26)22-9-5-6-10-22)33-15-13-32(14-16-33)21-7-3-2-4-8-21/h2-4,7-8,11-12,17-18,22,25H,5-6,9-10,13-16H2,1H3,(H,28,35)/t25-/m0/s1. The molecule has 2 fully saturated rings. The predicted molar refractivity (Wildman–Crippen MR) is 137 cm³/mol. The summed E-state index contributed by atoms with van der Waals surface area (Å²) in [4.78, 5) is 21.3. The fourth-order valence-corrected chi connectivity index (χ4v) is 5.71. The monoisotopic (exact) mass is 469 g/mol. The summed E-state index contributed by atoms with van der Waals surface area (Å²) < 4.78 is 2.00. The number of H-pyrrole nitrogens is 1. The zero-order chi connectivity index (χ0) is 23.8. The molecule has 0 unspecified atom stereocenters. The Morgan fingerprint density at radius 3 is 2.51 bits per heavy atom. The summed E-state index contributed by atoms with van der Waals surface area (Å²) in [5.41, 5.74) is 3.90. The van der Waals surface area contributed by atoms with Crippen LogP contribution in [-0.2, 0) is 0 Å². The molecule has 8 heteroatoms. The van der Waals surface area contributed by atoms with Crippen molar-refractivity contribution in [2.75, 3.05) is 31.1 Å². The Bertz CT molecular complexity index is 1370. The van der Waals surface area contributed by atoms with Gasteiger partial charge in [0.05, 0.1) is 6.04 Å². The maximum Gasteiger partial charge on any atom is 0.253 e. The second-order valence-corrected chi connectivity index (χ2v) is 9.83. The number of aromatic amines is 1. The largest absolute Gasteiger partial charge is 0.369 e. The Balaban J connectivity index is 1.40. The molecule has 1 aliphatic carbocycles. The van der Waals surface area contributed by atoms with Crippen LogP contribution in [0.15, 0.2) is 59.4 Å². The second-order valence-electron chi connectivity index (χ2n) is 9.83. The summed E-state index contributed by atoms with van der Waals surface area (Å²) >= 11 is 0. The lowest BCUT2D eigenvalue weighted by Crippen LogP contribution is -2.49. The molecule has 0 amide bonds. The van der Waals surface area contributed by atoms with Gasteiger partial charge in [0.15, 0.2) is 5.82 Å². The topological polar surface area (TPSA) is 82.9 Å². The van der Waals surface area contributed by atoms with Gasteiger partial charge in [-0.3, -0.25) is 9.69 Å². The van der Waals surface area contributed by atoms with Crippen LogP contribution in [0.1, 0.15) is 54.7 Å². The molecule has 2 aromatic carbocycles. The van der Waals surface area contributed by atoms with Crippen LogP contribution in [0.3, 0.4) is 0 Å². The van der Waals surface area contributed by atoms with Crippen molar-refractivity contribution in [3.8, 4) is 0 Å². The normalized spacial score (nSPS) is 18.4. The second kappa shape index (κ2) is 9.26. The zero-order valence-electron chi connectivity index (χ0n) is 20.1. The first-order valence-electron chi connectivity index (χ1n) is 12.6. The van der Waals surface area contributed by atoms with Crippen molar-refractivity contribution in [1.82, 2.24) is 30.1 Å². The van der Waals surface area contributed by atoms with Gasteiger partial charge in [0, 0.05) is 42.9 Å². The number of piperazine rings is 1. The summed E-state index contributed by atoms with van der Waals surface area (Å²) in [6, 6.07) is 18.7. The van der Waals surface area contributed by atoms with E-state index < -0.39 is 0 Å². The molecule has 1 saturated heterocycles. The van der Waals surface area contributed by atoms with Gasteiger partial charge < -0.3 is 9.88 Å². The number of rotatable bonds is 5. The molecule has 180 valence electrons. The lowest BCUT2D eigenvalue weighted by molar-refractivity contribution is 0.197. The number of aryl methyl sites for hydroxylation is 1. The SMILES string of the molecule is Cc1ccc2[nH]c(=O)c([C@@H](c3nnnn3C3CCCC3)N3CCN(c4ccccc4)CC3)cc2c1. The Hall–Kier alpha value is -3.52. The van der Waals surface area contributed by atoms with E-state index in [1.807, 2.05) is 28.9 Å². The molecule has 4 aromatic rings. The number of hydrogen-bond donors (Lipinski definition) is 1. The van der Waals surface area contributed by atoms with E-state index in [1.54, 1.807) is 0 Å². The Morgan fingerprint density at radius 1 is 0.971 bits per heavy atom. The molecule has 6 rings (SSSR count). The van der Waals surface area contributed by atoms with Crippen LogP contribution >= 0.6 is 0 Å². The van der Waals surface area contributed by atoms with E-state index in [0.29, 0.717) is 11.6 Å². The van der Waals surface area contributed by atoms with Gasteiger partial charge in [-0.2, -0.15) is 0 Å². The maximum absolute atomic E-state index is 13.4. The molecule has 1 saturated carbocycles. The molecule has 35 heavy (non-hydrogen) atoms. The van der Waals surface area contributed by atoms with Crippen LogP contribution in [0.25, 0.3) is 10.9 Å². The first-order chi connectivity index (χ1) is 17.2. The van der Waals surface area contributed by atoms with Crippen LogP contribution < -0.4 is 10.5 Å². The molecule has 0 bridgehead atoms. The molecular weight excluding hydrogens is 438 g/mol. The molecule has 3 heterocycles. The Kier molecular flexibility index (Phi) is 5.82. The van der Waals surface area contributed by atoms with E-state index in [0.717, 1.165) is 55.7 Å². The molecule has 1 N–H and O–H groups in total. The van der Waals surface area contributed by atoms with Gasteiger partial charge in [0.25, 0.3) is 5.56 Å². The fraction of sp³-hybridized carbons (Fsp3) is 0.407. The van der Waals surface area contributed by atoms with Crippen molar-refractivity contribution in [3.05, 3.63) is 81.9 Å². The fourth-order valence-electron chi connectivity index (χ4n) is 5.71. The lowest BCUT2D eigenvalue weighted by Gasteiger charge is -2.39. The van der Waals surface area contributed by atoms with Crippen LogP contribution in [0.4, 0.5) is 5.69 Å². The minimum Gasteiger partial charge on any atom is -0.369 e. The molecule has 2 aromatic heterocycles. The third-order valence-corrected chi connectivity index (χ3v) is 7.56. The number of nitrogens with zero attached hydrogens (tertiary/aromatic N) is 6. The highest BCUT2D eigenvalue weighted by atomic mass is 16.1. The predicted octanol–water partition coefficient (Wildman–Crippen LogP) is 3.85. The van der Waals surface area contributed by atoms with Crippen molar-refractivity contribution in [3.63, 3.8) is 0 Å². The molecule has 8 nitrogen and oxygen atoms in total. The van der Waals surface area contributed by atoms with E-state index in [-0.39, 0.29) is 11.6 Å². The van der Waals surface area contributed by atoms with Crippen LogP contribution in [0.5, 0.6) is 0 Å². The van der Waals surface area contributed by atoms with Crippen LogP contribution in [0.2, 0.25) is 0 Å². The van der Waals surface area contributed by atoms with Crippen LogP contribution in [-0.4, -0.2) is 56.3 Å². The van der Waals surface area contributed by atoms with E-state index in [2.05, 4.69) is 67.6 Å². The van der Waals surface area contributed by atoms with Gasteiger partial charge in [-0.25, -0.2) is 4.68 Å². The van der Waals surface area contributed by atoms with Gasteiger partial charge in [-0.05, 0) is 65.9 Å². The highest BCUT2D eigenvalue weighted by Gasteiger charge is 2.34. The summed E-state index contributed by atoms with van der Waals surface area (Å²) in [5, 5.41) is 14.1. The van der Waals surface area contributed by atoms with Crippen molar-refractivity contribution in [2.24, 2.45) is 0 Å². The van der Waals surface area contributed by atoms with Crippen molar-refractivity contribution < 1.29 is 0 Å². The van der Waals surface area contributed by atoms with Gasteiger partial charge in [0.1, 0.15) is 6.04 Å². The number of para-hydroxylation sites is 1.